The second kappa shape index (κ2) is 5.58. The summed E-state index contributed by atoms with van der Waals surface area (Å²) in [5.41, 5.74) is 5.95. The maximum atomic E-state index is 14.0. The highest BCUT2D eigenvalue weighted by Gasteiger charge is 2.17. The molecule has 2 heterocycles. The van der Waals surface area contributed by atoms with Crippen LogP contribution in [0.5, 0.6) is 0 Å². The van der Waals surface area contributed by atoms with E-state index in [9.17, 15) is 9.50 Å². The third-order valence-electron chi connectivity index (χ3n) is 3.34. The molecule has 0 aliphatic rings. The Balaban J connectivity index is 2.20. The zero-order valence-electron chi connectivity index (χ0n) is 13.5. The van der Waals surface area contributed by atoms with Crippen molar-refractivity contribution in [1.82, 2.24) is 19.5 Å². The van der Waals surface area contributed by atoms with Crippen LogP contribution in [0.4, 0.5) is 10.2 Å². The Bertz CT molecular complexity index is 992. The van der Waals surface area contributed by atoms with Crippen LogP contribution in [0.15, 0.2) is 24.3 Å². The van der Waals surface area contributed by atoms with Gasteiger partial charge in [0.15, 0.2) is 17.0 Å². The number of rotatable bonds is 1. The number of benzene rings is 1. The fraction of sp³-hybridized carbons (Fsp3) is 0.235. The lowest BCUT2D eigenvalue weighted by Gasteiger charge is -2.05. The van der Waals surface area contributed by atoms with Crippen LogP contribution >= 0.6 is 0 Å². The SMILES string of the molecule is Cn1c(-c2ccccc2F)nc2c(N)nc(C#CC(C)(C)O)nc21. The van der Waals surface area contributed by atoms with Gasteiger partial charge in [-0.3, -0.25) is 0 Å². The number of nitrogens with two attached hydrogens (primary N) is 1. The summed E-state index contributed by atoms with van der Waals surface area (Å²) in [4.78, 5) is 12.8. The summed E-state index contributed by atoms with van der Waals surface area (Å²) < 4.78 is 15.7. The van der Waals surface area contributed by atoms with Gasteiger partial charge in [-0.15, -0.1) is 0 Å². The Morgan fingerprint density at radius 2 is 1.92 bits per heavy atom. The lowest BCUT2D eigenvalue weighted by atomic mass is 10.1. The van der Waals surface area contributed by atoms with Crippen LogP contribution in [0.2, 0.25) is 0 Å². The molecule has 0 amide bonds. The van der Waals surface area contributed by atoms with Crippen LogP contribution < -0.4 is 5.73 Å². The van der Waals surface area contributed by atoms with Crippen LogP contribution in [0.3, 0.4) is 0 Å². The van der Waals surface area contributed by atoms with Gasteiger partial charge in [-0.25, -0.2) is 19.3 Å². The summed E-state index contributed by atoms with van der Waals surface area (Å²) in [7, 11) is 1.72. The molecule has 24 heavy (non-hydrogen) atoms. The van der Waals surface area contributed by atoms with Gasteiger partial charge in [-0.2, -0.15) is 0 Å². The van der Waals surface area contributed by atoms with Crippen LogP contribution in [-0.4, -0.2) is 30.2 Å². The van der Waals surface area contributed by atoms with Crippen molar-refractivity contribution in [2.45, 2.75) is 19.4 Å². The summed E-state index contributed by atoms with van der Waals surface area (Å²) in [6.45, 7) is 3.12. The molecule has 0 spiro atoms. The maximum Gasteiger partial charge on any atom is 0.209 e. The molecule has 0 atom stereocenters. The van der Waals surface area contributed by atoms with Crippen molar-refractivity contribution in [3.63, 3.8) is 0 Å². The molecule has 6 nitrogen and oxygen atoms in total. The van der Waals surface area contributed by atoms with Crippen molar-refractivity contribution in [3.05, 3.63) is 35.9 Å². The summed E-state index contributed by atoms with van der Waals surface area (Å²) >= 11 is 0. The Labute approximate surface area is 138 Å². The topological polar surface area (TPSA) is 89.9 Å². The van der Waals surface area contributed by atoms with Crippen molar-refractivity contribution in [3.8, 4) is 23.2 Å². The fourth-order valence-electron chi connectivity index (χ4n) is 2.23. The highest BCUT2D eigenvalue weighted by Crippen LogP contribution is 2.26. The molecule has 3 N–H and O–H groups in total. The van der Waals surface area contributed by atoms with E-state index in [1.54, 1.807) is 43.7 Å². The molecular formula is C17H16FN5O. The first-order chi connectivity index (χ1) is 11.3. The predicted octanol–water partition coefficient (Wildman–Crippen LogP) is 1.87. The molecule has 122 valence electrons. The minimum Gasteiger partial charge on any atom is -0.382 e. The monoisotopic (exact) mass is 325 g/mol. The number of aliphatic hydroxyl groups is 1. The lowest BCUT2D eigenvalue weighted by molar-refractivity contribution is 0.143. The normalized spacial score (nSPS) is 11.4. The van der Waals surface area contributed by atoms with Crippen LogP contribution in [0.1, 0.15) is 19.7 Å². The summed E-state index contributed by atoms with van der Waals surface area (Å²) in [5, 5.41) is 9.68. The van der Waals surface area contributed by atoms with E-state index in [0.29, 0.717) is 22.6 Å². The third-order valence-corrected chi connectivity index (χ3v) is 3.34. The highest BCUT2D eigenvalue weighted by molar-refractivity contribution is 5.85. The van der Waals surface area contributed by atoms with Crippen molar-refractivity contribution >= 4 is 17.0 Å². The summed E-state index contributed by atoms with van der Waals surface area (Å²) in [6, 6.07) is 6.34. The van der Waals surface area contributed by atoms with Gasteiger partial charge in [0.1, 0.15) is 17.2 Å². The van der Waals surface area contributed by atoms with Gasteiger partial charge < -0.3 is 15.4 Å². The quantitative estimate of drug-likeness (QED) is 0.667. The number of halogens is 1. The molecule has 0 unspecified atom stereocenters. The number of aromatic nitrogens is 4. The minimum absolute atomic E-state index is 0.151. The molecule has 0 bridgehead atoms. The minimum atomic E-state index is -1.17. The van der Waals surface area contributed by atoms with Gasteiger partial charge in [0.25, 0.3) is 0 Å². The third kappa shape index (κ3) is 2.92. The molecule has 3 rings (SSSR count). The molecule has 3 aromatic rings. The second-order valence-electron chi connectivity index (χ2n) is 5.89. The Morgan fingerprint density at radius 1 is 1.21 bits per heavy atom. The average Bonchev–Trinajstić information content (AvgIpc) is 2.83. The number of hydrogen-bond donors (Lipinski definition) is 2. The molecule has 2 aromatic heterocycles. The van der Waals surface area contributed by atoms with E-state index < -0.39 is 5.60 Å². The van der Waals surface area contributed by atoms with Crippen LogP contribution in [0.25, 0.3) is 22.6 Å². The van der Waals surface area contributed by atoms with Gasteiger partial charge in [0.05, 0.1) is 5.56 Å². The number of hydrogen-bond acceptors (Lipinski definition) is 5. The molecule has 0 radical (unpaired) electrons. The molecular weight excluding hydrogens is 309 g/mol. The Hall–Kier alpha value is -2.98. The molecule has 7 heteroatoms. The lowest BCUT2D eigenvalue weighted by Crippen LogP contribution is -2.14. The van der Waals surface area contributed by atoms with Crippen molar-refractivity contribution < 1.29 is 9.50 Å². The number of aryl methyl sites for hydroxylation is 1. The van der Waals surface area contributed by atoms with Crippen LogP contribution in [0, 0.1) is 17.7 Å². The number of nitrogen functional groups attached to an aromatic ring is 1. The molecule has 0 fully saturated rings. The second-order valence-corrected chi connectivity index (χ2v) is 5.89. The standard InChI is InChI=1S/C17H16FN5O/c1-17(2,24)9-8-12-20-14(19)13-16(21-12)23(3)15(22-13)10-6-4-5-7-11(10)18/h4-7,24H,1-3H3,(H2,19,20,21). The highest BCUT2D eigenvalue weighted by atomic mass is 19.1. The van der Waals surface area contributed by atoms with E-state index in [1.165, 1.54) is 6.07 Å². The van der Waals surface area contributed by atoms with Crippen molar-refractivity contribution in [2.75, 3.05) is 5.73 Å². The molecule has 1 aromatic carbocycles. The zero-order chi connectivity index (χ0) is 17.5. The number of anilines is 1. The molecule has 0 saturated heterocycles. The Kier molecular flexibility index (Phi) is 3.70. The first kappa shape index (κ1) is 15.9. The Morgan fingerprint density at radius 3 is 2.58 bits per heavy atom. The first-order valence-corrected chi connectivity index (χ1v) is 7.26. The predicted molar refractivity (Wildman–Crippen MR) is 89.3 cm³/mol. The van der Waals surface area contributed by atoms with Crippen molar-refractivity contribution in [2.24, 2.45) is 7.05 Å². The van der Waals surface area contributed by atoms with Gasteiger partial charge in [0, 0.05) is 7.05 Å². The molecule has 0 saturated carbocycles. The number of fused-ring (bicyclic) bond motifs is 1. The van der Waals surface area contributed by atoms with E-state index in [-0.39, 0.29) is 17.5 Å². The number of imidazole rings is 1. The van der Waals surface area contributed by atoms with Crippen molar-refractivity contribution in [1.29, 1.82) is 0 Å². The van der Waals surface area contributed by atoms with Gasteiger partial charge in [0.2, 0.25) is 5.82 Å². The first-order valence-electron chi connectivity index (χ1n) is 7.26. The summed E-state index contributed by atoms with van der Waals surface area (Å²) in [5.74, 6) is 5.66. The van der Waals surface area contributed by atoms with Gasteiger partial charge in [-0.05, 0) is 31.9 Å². The van der Waals surface area contributed by atoms with E-state index in [2.05, 4.69) is 26.8 Å². The van der Waals surface area contributed by atoms with E-state index in [4.69, 9.17) is 5.73 Å². The summed E-state index contributed by atoms with van der Waals surface area (Å²) in [6.07, 6.45) is 0. The number of nitrogens with zero attached hydrogens (tertiary/aromatic N) is 4. The van der Waals surface area contributed by atoms with Crippen LogP contribution in [-0.2, 0) is 7.05 Å². The zero-order valence-corrected chi connectivity index (χ0v) is 13.5. The van der Waals surface area contributed by atoms with E-state index >= 15 is 0 Å². The van der Waals surface area contributed by atoms with E-state index in [1.807, 2.05) is 0 Å². The molecule has 0 aliphatic heterocycles. The largest absolute Gasteiger partial charge is 0.382 e. The fourth-order valence-corrected chi connectivity index (χ4v) is 2.23. The molecule has 0 aliphatic carbocycles. The van der Waals surface area contributed by atoms with Gasteiger partial charge in [-0.1, -0.05) is 18.1 Å². The van der Waals surface area contributed by atoms with Gasteiger partial charge >= 0.3 is 0 Å². The maximum absolute atomic E-state index is 14.0. The van der Waals surface area contributed by atoms with E-state index in [0.717, 1.165) is 0 Å². The average molecular weight is 325 g/mol. The smallest absolute Gasteiger partial charge is 0.209 e.